The molecule has 2 saturated heterocycles. The third kappa shape index (κ3) is 9.21. The van der Waals surface area contributed by atoms with Gasteiger partial charge in [0.25, 0.3) is 0 Å². The molecule has 0 unspecified atom stereocenters. The van der Waals surface area contributed by atoms with Gasteiger partial charge in [0.2, 0.25) is 11.8 Å². The van der Waals surface area contributed by atoms with Gasteiger partial charge in [-0.1, -0.05) is 42.5 Å². The molecule has 0 radical (unpaired) electrons. The molecule has 10 heteroatoms. The first kappa shape index (κ1) is 30.4. The number of nitrogens with one attached hydrogen (secondary N) is 2. The number of rotatable bonds is 15. The van der Waals surface area contributed by atoms with E-state index in [0.717, 1.165) is 11.1 Å². The smallest absolute Gasteiger partial charge is 0.234 e. The van der Waals surface area contributed by atoms with E-state index in [0.29, 0.717) is 45.1 Å². The van der Waals surface area contributed by atoms with Crippen LogP contribution in [0.1, 0.15) is 24.5 Å². The van der Waals surface area contributed by atoms with E-state index in [-0.39, 0.29) is 43.4 Å². The van der Waals surface area contributed by atoms with Gasteiger partial charge in [-0.05, 0) is 43.0 Å². The molecule has 0 aliphatic carbocycles. The predicted octanol–water partition coefficient (Wildman–Crippen LogP) is 1.35. The number of methoxy groups -OCH3 is 1. The molecular formula is C31H39N3O7. The molecular weight excluding hydrogens is 526 g/mol. The van der Waals surface area contributed by atoms with Crippen LogP contribution in [0.3, 0.4) is 0 Å². The zero-order valence-corrected chi connectivity index (χ0v) is 23.7. The topological polar surface area (TPSA) is 127 Å². The fraction of sp³-hybridized carbons (Fsp3) is 0.484. The maximum Gasteiger partial charge on any atom is 0.234 e. The lowest BCUT2D eigenvalue weighted by Crippen LogP contribution is -2.50. The molecule has 2 aliphatic rings. The standard InChI is InChI=1S/C31H39N3O7/c1-31(21-41-31)29(37)27(17-22-6-4-3-5-7-22)33-30(38)24(16-23-8-10-26(39-2)11-9-23)18-25(35)19-32-28(36)20-34-12-14-40-15-13-34/h3-11,24,27H,12-21H2,1-2H3,(H,32,36)(H,33,38)/t24-,27+,31-/m1/s1. The number of epoxide rings is 1. The Labute approximate surface area is 240 Å². The van der Waals surface area contributed by atoms with Crippen molar-refractivity contribution in [2.24, 2.45) is 5.92 Å². The second-order valence-electron chi connectivity index (χ2n) is 10.8. The molecule has 0 spiro atoms. The Hall–Kier alpha value is -3.60. The van der Waals surface area contributed by atoms with Crippen molar-refractivity contribution in [3.63, 3.8) is 0 Å². The van der Waals surface area contributed by atoms with Gasteiger partial charge in [-0.25, -0.2) is 0 Å². The Kier molecular flexibility index (Phi) is 10.6. The largest absolute Gasteiger partial charge is 0.497 e. The number of amides is 2. The van der Waals surface area contributed by atoms with E-state index in [1.807, 2.05) is 47.4 Å². The monoisotopic (exact) mass is 565 g/mol. The maximum absolute atomic E-state index is 13.7. The number of hydrogen-bond donors (Lipinski definition) is 2. The molecule has 0 saturated carbocycles. The molecule has 2 aromatic carbocycles. The van der Waals surface area contributed by atoms with Crippen molar-refractivity contribution in [3.8, 4) is 5.75 Å². The summed E-state index contributed by atoms with van der Waals surface area (Å²) in [6.07, 6.45) is 0.504. The molecule has 2 aromatic rings. The van der Waals surface area contributed by atoms with Crippen LogP contribution in [-0.2, 0) is 41.5 Å². The summed E-state index contributed by atoms with van der Waals surface area (Å²) in [7, 11) is 1.57. The van der Waals surface area contributed by atoms with Gasteiger partial charge in [0.05, 0.1) is 46.1 Å². The van der Waals surface area contributed by atoms with E-state index in [2.05, 4.69) is 10.6 Å². The Morgan fingerprint density at radius 3 is 2.27 bits per heavy atom. The molecule has 3 atom stereocenters. The highest BCUT2D eigenvalue weighted by molar-refractivity contribution is 5.98. The van der Waals surface area contributed by atoms with Crippen molar-refractivity contribution in [2.75, 3.05) is 53.1 Å². The average Bonchev–Trinajstić information content (AvgIpc) is 3.74. The molecule has 2 aliphatic heterocycles. The van der Waals surface area contributed by atoms with Crippen molar-refractivity contribution in [1.29, 1.82) is 0 Å². The summed E-state index contributed by atoms with van der Waals surface area (Å²) in [4.78, 5) is 54.3. The Morgan fingerprint density at radius 2 is 1.63 bits per heavy atom. The number of carbonyl (C=O) groups excluding carboxylic acids is 4. The van der Waals surface area contributed by atoms with Gasteiger partial charge < -0.3 is 24.8 Å². The highest BCUT2D eigenvalue weighted by atomic mass is 16.6. The van der Waals surface area contributed by atoms with Crippen LogP contribution < -0.4 is 15.4 Å². The second kappa shape index (κ2) is 14.3. The van der Waals surface area contributed by atoms with Crippen molar-refractivity contribution < 1.29 is 33.4 Å². The maximum atomic E-state index is 13.7. The van der Waals surface area contributed by atoms with Crippen LogP contribution in [0.2, 0.25) is 0 Å². The summed E-state index contributed by atoms with van der Waals surface area (Å²) in [6, 6.07) is 15.9. The van der Waals surface area contributed by atoms with Crippen LogP contribution in [0.5, 0.6) is 5.75 Å². The predicted molar refractivity (Wildman–Crippen MR) is 152 cm³/mol. The van der Waals surface area contributed by atoms with Gasteiger partial charge in [-0.15, -0.1) is 0 Å². The van der Waals surface area contributed by atoms with Crippen molar-refractivity contribution in [2.45, 2.75) is 37.8 Å². The first-order valence-electron chi connectivity index (χ1n) is 14.0. The molecule has 0 bridgehead atoms. The van der Waals surface area contributed by atoms with Crippen LogP contribution >= 0.6 is 0 Å². The van der Waals surface area contributed by atoms with Gasteiger partial charge >= 0.3 is 0 Å². The van der Waals surface area contributed by atoms with Gasteiger partial charge in [-0.2, -0.15) is 0 Å². The van der Waals surface area contributed by atoms with E-state index >= 15 is 0 Å². The molecule has 2 heterocycles. The van der Waals surface area contributed by atoms with E-state index < -0.39 is 23.5 Å². The molecule has 4 rings (SSSR count). The third-order valence-corrected chi connectivity index (χ3v) is 7.45. The number of nitrogens with zero attached hydrogens (tertiary/aromatic N) is 1. The minimum absolute atomic E-state index is 0.0876. The lowest BCUT2D eigenvalue weighted by Gasteiger charge is -2.25. The number of carbonyl (C=O) groups is 4. The third-order valence-electron chi connectivity index (χ3n) is 7.45. The fourth-order valence-corrected chi connectivity index (χ4v) is 4.83. The molecule has 10 nitrogen and oxygen atoms in total. The Bertz CT molecular complexity index is 1190. The first-order chi connectivity index (χ1) is 19.8. The first-order valence-corrected chi connectivity index (χ1v) is 14.0. The van der Waals surface area contributed by atoms with E-state index in [1.54, 1.807) is 26.2 Å². The molecule has 2 amide bonds. The number of hydrogen-bond acceptors (Lipinski definition) is 8. The molecule has 41 heavy (non-hydrogen) atoms. The zero-order chi connectivity index (χ0) is 29.2. The Balaban J connectivity index is 1.43. The molecule has 2 N–H and O–H groups in total. The van der Waals surface area contributed by atoms with Crippen molar-refractivity contribution in [1.82, 2.24) is 15.5 Å². The van der Waals surface area contributed by atoms with Crippen LogP contribution in [0, 0.1) is 5.92 Å². The normalized spacial score (nSPS) is 20.0. The summed E-state index contributed by atoms with van der Waals surface area (Å²) >= 11 is 0. The van der Waals surface area contributed by atoms with Crippen molar-refractivity contribution >= 4 is 23.4 Å². The highest BCUT2D eigenvalue weighted by Crippen LogP contribution is 2.29. The van der Waals surface area contributed by atoms with Gasteiger partial charge in [0, 0.05) is 25.4 Å². The SMILES string of the molecule is COc1ccc(C[C@H](CC(=O)CNC(=O)CN2CCOCC2)C(=O)N[C@@H](Cc2ccccc2)C(=O)[C@@]2(C)CO2)cc1. The average molecular weight is 566 g/mol. The lowest BCUT2D eigenvalue weighted by atomic mass is 9.90. The van der Waals surface area contributed by atoms with Gasteiger partial charge in [-0.3, -0.25) is 24.1 Å². The summed E-state index contributed by atoms with van der Waals surface area (Å²) < 4.78 is 15.9. The van der Waals surface area contributed by atoms with Crippen LogP contribution in [0.4, 0.5) is 0 Å². The van der Waals surface area contributed by atoms with Crippen LogP contribution in [0.25, 0.3) is 0 Å². The summed E-state index contributed by atoms with van der Waals surface area (Å²) in [5, 5.41) is 5.61. The van der Waals surface area contributed by atoms with Crippen molar-refractivity contribution in [3.05, 3.63) is 65.7 Å². The second-order valence-corrected chi connectivity index (χ2v) is 10.8. The highest BCUT2D eigenvalue weighted by Gasteiger charge is 2.50. The van der Waals surface area contributed by atoms with E-state index in [9.17, 15) is 19.2 Å². The van der Waals surface area contributed by atoms with Crippen LogP contribution in [-0.4, -0.2) is 93.0 Å². The lowest BCUT2D eigenvalue weighted by molar-refractivity contribution is -0.134. The van der Waals surface area contributed by atoms with E-state index in [4.69, 9.17) is 14.2 Å². The quantitative estimate of drug-likeness (QED) is 0.310. The summed E-state index contributed by atoms with van der Waals surface area (Å²) in [5.41, 5.74) is 0.832. The molecule has 220 valence electrons. The number of ketones is 2. The number of morpholine rings is 1. The molecule has 2 fully saturated rings. The van der Waals surface area contributed by atoms with E-state index in [1.165, 1.54) is 0 Å². The van der Waals surface area contributed by atoms with Gasteiger partial charge in [0.15, 0.2) is 11.6 Å². The minimum atomic E-state index is -0.918. The van der Waals surface area contributed by atoms with Gasteiger partial charge in [0.1, 0.15) is 11.4 Å². The number of ether oxygens (including phenoxy) is 3. The summed E-state index contributed by atoms with van der Waals surface area (Å²) in [5.74, 6) is -1.17. The fourth-order valence-electron chi connectivity index (χ4n) is 4.83. The Morgan fingerprint density at radius 1 is 0.976 bits per heavy atom. The molecule has 0 aromatic heterocycles. The summed E-state index contributed by atoms with van der Waals surface area (Å²) in [6.45, 7) is 4.53. The van der Waals surface area contributed by atoms with Crippen LogP contribution in [0.15, 0.2) is 54.6 Å². The number of benzene rings is 2. The zero-order valence-electron chi connectivity index (χ0n) is 23.7. The minimum Gasteiger partial charge on any atom is -0.497 e. The number of Topliss-reactive ketones (excluding diaryl/α,β-unsaturated/α-hetero) is 2.